The highest BCUT2D eigenvalue weighted by Crippen LogP contribution is 2.35. The smallest absolute Gasteiger partial charge is 0.258 e. The van der Waals surface area contributed by atoms with E-state index in [1.807, 2.05) is 6.26 Å². The average molecular weight is 331 g/mol. The fourth-order valence-electron chi connectivity index (χ4n) is 1.09. The second-order valence-corrected chi connectivity index (χ2v) is 7.86. The van der Waals surface area contributed by atoms with Crippen molar-refractivity contribution in [2.75, 3.05) is 18.6 Å². The molecule has 6 nitrogen and oxygen atoms in total. The lowest BCUT2D eigenvalue weighted by Gasteiger charge is -2.02. The molecule has 1 N–H and O–H groups in total. The van der Waals surface area contributed by atoms with Crippen LogP contribution in [0.25, 0.3) is 0 Å². The van der Waals surface area contributed by atoms with Gasteiger partial charge >= 0.3 is 0 Å². The number of rotatable bonds is 7. The predicted octanol–water partition coefficient (Wildman–Crippen LogP) is 2.34. The van der Waals surface area contributed by atoms with E-state index in [1.54, 1.807) is 11.8 Å². The van der Waals surface area contributed by atoms with Crippen molar-refractivity contribution in [3.8, 4) is 0 Å². The van der Waals surface area contributed by atoms with E-state index in [0.717, 1.165) is 11.8 Å². The molecule has 0 fully saturated rings. The average Bonchev–Trinajstić information content (AvgIpc) is 2.68. The van der Waals surface area contributed by atoms with Gasteiger partial charge in [-0.15, -0.1) is 11.3 Å². The number of hydrogen-bond acceptors (Lipinski definition) is 6. The van der Waals surface area contributed by atoms with Gasteiger partial charge in [-0.05, 0) is 18.4 Å². The number of thiophene rings is 1. The SMILES string of the molecule is CSCCCNS(=O)(=O)c1cc([N+](=O)[O-])c(Cl)s1. The molecule has 1 rings (SSSR count). The van der Waals surface area contributed by atoms with Crippen LogP contribution in [0.2, 0.25) is 4.34 Å². The lowest BCUT2D eigenvalue weighted by atomic mass is 10.5. The van der Waals surface area contributed by atoms with Crippen molar-refractivity contribution >= 4 is 50.4 Å². The van der Waals surface area contributed by atoms with Crippen molar-refractivity contribution in [1.29, 1.82) is 0 Å². The maximum Gasteiger partial charge on any atom is 0.300 e. The van der Waals surface area contributed by atoms with Crippen LogP contribution in [0.4, 0.5) is 5.69 Å². The minimum Gasteiger partial charge on any atom is -0.258 e. The van der Waals surface area contributed by atoms with E-state index >= 15 is 0 Å². The Kier molecular flexibility index (Phi) is 5.86. The maximum atomic E-state index is 11.8. The number of sulfonamides is 1. The Morgan fingerprint density at radius 3 is 2.78 bits per heavy atom. The van der Waals surface area contributed by atoms with Gasteiger partial charge in [0.25, 0.3) is 5.69 Å². The highest BCUT2D eigenvalue weighted by Gasteiger charge is 2.24. The summed E-state index contributed by atoms with van der Waals surface area (Å²) >= 11 is 7.91. The predicted molar refractivity (Wildman–Crippen MR) is 74.2 cm³/mol. The fourth-order valence-corrected chi connectivity index (χ4v) is 4.31. The molecular formula is C8H11ClN2O4S3. The molecule has 1 aromatic heterocycles. The number of nitrogens with zero attached hydrogens (tertiary/aromatic N) is 1. The molecule has 0 aliphatic heterocycles. The van der Waals surface area contributed by atoms with Gasteiger partial charge in [0.2, 0.25) is 10.0 Å². The molecule has 0 radical (unpaired) electrons. The Hall–Kier alpha value is -0.350. The van der Waals surface area contributed by atoms with Crippen LogP contribution >= 0.6 is 34.7 Å². The third kappa shape index (κ3) is 4.09. The summed E-state index contributed by atoms with van der Waals surface area (Å²) in [5, 5.41) is 10.6. The number of nitro groups is 1. The number of halogens is 1. The largest absolute Gasteiger partial charge is 0.300 e. The second-order valence-electron chi connectivity index (χ2n) is 3.23. The zero-order valence-electron chi connectivity index (χ0n) is 9.38. The van der Waals surface area contributed by atoms with Crippen LogP contribution in [0.5, 0.6) is 0 Å². The fraction of sp³-hybridized carbons (Fsp3) is 0.500. The topological polar surface area (TPSA) is 89.3 Å². The van der Waals surface area contributed by atoms with Gasteiger partial charge < -0.3 is 0 Å². The molecule has 0 unspecified atom stereocenters. The first kappa shape index (κ1) is 15.7. The minimum atomic E-state index is -3.71. The molecule has 0 aliphatic rings. The third-order valence-corrected chi connectivity index (χ3v) is 5.89. The molecule has 0 bridgehead atoms. The van der Waals surface area contributed by atoms with E-state index in [0.29, 0.717) is 24.3 Å². The monoisotopic (exact) mass is 330 g/mol. The van der Waals surface area contributed by atoms with Gasteiger partial charge in [0.1, 0.15) is 4.21 Å². The molecule has 0 aliphatic carbocycles. The highest BCUT2D eigenvalue weighted by atomic mass is 35.5. The Balaban J connectivity index is 2.79. The standard InChI is InChI=1S/C8H11ClN2O4S3/c1-16-4-2-3-10-18(14,15)7-5-6(11(12)13)8(9)17-7/h5,10H,2-4H2,1H3. The zero-order chi connectivity index (χ0) is 13.8. The van der Waals surface area contributed by atoms with Gasteiger partial charge in [-0.3, -0.25) is 10.1 Å². The van der Waals surface area contributed by atoms with Crippen LogP contribution in [-0.4, -0.2) is 31.9 Å². The molecule has 0 aromatic carbocycles. The normalized spacial score (nSPS) is 11.7. The van der Waals surface area contributed by atoms with E-state index in [4.69, 9.17) is 11.6 Å². The minimum absolute atomic E-state index is 0.135. The molecular weight excluding hydrogens is 320 g/mol. The van der Waals surface area contributed by atoms with E-state index in [1.165, 1.54) is 0 Å². The van der Waals surface area contributed by atoms with Crippen molar-refractivity contribution in [1.82, 2.24) is 4.72 Å². The summed E-state index contributed by atoms with van der Waals surface area (Å²) in [6.07, 6.45) is 2.62. The Morgan fingerprint density at radius 2 is 2.28 bits per heavy atom. The molecule has 1 aromatic rings. The van der Waals surface area contributed by atoms with Gasteiger partial charge in [0.05, 0.1) is 4.92 Å². The molecule has 18 heavy (non-hydrogen) atoms. The van der Waals surface area contributed by atoms with Crippen molar-refractivity contribution in [3.05, 3.63) is 20.5 Å². The Bertz CT molecular complexity index is 528. The summed E-state index contributed by atoms with van der Waals surface area (Å²) in [5.74, 6) is 0.841. The van der Waals surface area contributed by atoms with E-state index < -0.39 is 14.9 Å². The lowest BCUT2D eigenvalue weighted by Crippen LogP contribution is -2.24. The molecule has 102 valence electrons. The van der Waals surface area contributed by atoms with Crippen LogP contribution in [0.15, 0.2) is 10.3 Å². The second kappa shape index (κ2) is 6.71. The van der Waals surface area contributed by atoms with E-state index in [9.17, 15) is 18.5 Å². The zero-order valence-corrected chi connectivity index (χ0v) is 12.6. The number of nitrogens with one attached hydrogen (secondary N) is 1. The van der Waals surface area contributed by atoms with E-state index in [2.05, 4.69) is 4.72 Å². The van der Waals surface area contributed by atoms with Crippen molar-refractivity contribution in [2.24, 2.45) is 0 Å². The number of hydrogen-bond donors (Lipinski definition) is 1. The molecule has 0 saturated heterocycles. The van der Waals surface area contributed by atoms with Crippen molar-refractivity contribution in [3.63, 3.8) is 0 Å². The van der Waals surface area contributed by atoms with Gasteiger partial charge in [-0.2, -0.15) is 11.8 Å². The first-order chi connectivity index (χ1) is 8.38. The maximum absolute atomic E-state index is 11.8. The van der Waals surface area contributed by atoms with Gasteiger partial charge in [0, 0.05) is 12.6 Å². The summed E-state index contributed by atoms with van der Waals surface area (Å²) in [4.78, 5) is 9.87. The van der Waals surface area contributed by atoms with Gasteiger partial charge in [-0.1, -0.05) is 11.6 Å². The van der Waals surface area contributed by atoms with Crippen LogP contribution in [0.1, 0.15) is 6.42 Å². The van der Waals surface area contributed by atoms with Gasteiger partial charge in [0.15, 0.2) is 4.34 Å². The molecule has 0 amide bonds. The Morgan fingerprint density at radius 1 is 1.61 bits per heavy atom. The third-order valence-electron chi connectivity index (χ3n) is 1.93. The van der Waals surface area contributed by atoms with Gasteiger partial charge in [-0.25, -0.2) is 13.1 Å². The van der Waals surface area contributed by atoms with Crippen LogP contribution in [0.3, 0.4) is 0 Å². The summed E-state index contributed by atoms with van der Waals surface area (Å²) in [6, 6.07) is 0.976. The van der Waals surface area contributed by atoms with Crippen molar-refractivity contribution in [2.45, 2.75) is 10.6 Å². The number of thioether (sulfide) groups is 1. The summed E-state index contributed by atoms with van der Waals surface area (Å²) in [6.45, 7) is 0.298. The summed E-state index contributed by atoms with van der Waals surface area (Å²) in [7, 11) is -3.71. The summed E-state index contributed by atoms with van der Waals surface area (Å²) < 4.78 is 25.7. The highest BCUT2D eigenvalue weighted by molar-refractivity contribution is 7.98. The Labute approximate surface area is 118 Å². The van der Waals surface area contributed by atoms with Crippen LogP contribution in [-0.2, 0) is 10.0 Å². The van der Waals surface area contributed by atoms with Crippen LogP contribution < -0.4 is 4.72 Å². The molecule has 1 heterocycles. The molecule has 10 heteroatoms. The lowest BCUT2D eigenvalue weighted by molar-refractivity contribution is -0.384. The molecule has 0 spiro atoms. The molecule has 0 saturated carbocycles. The first-order valence-electron chi connectivity index (χ1n) is 4.81. The van der Waals surface area contributed by atoms with E-state index in [-0.39, 0.29) is 14.2 Å². The quantitative estimate of drug-likeness (QED) is 0.471. The van der Waals surface area contributed by atoms with Crippen LogP contribution in [0, 0.1) is 10.1 Å². The molecule has 0 atom stereocenters. The van der Waals surface area contributed by atoms with Crippen molar-refractivity contribution < 1.29 is 13.3 Å². The summed E-state index contributed by atoms with van der Waals surface area (Å²) in [5.41, 5.74) is -0.383. The first-order valence-corrected chi connectivity index (χ1v) is 8.88.